The highest BCUT2D eigenvalue weighted by Gasteiger charge is 2.31. The van der Waals surface area contributed by atoms with Gasteiger partial charge in [0.25, 0.3) is 5.91 Å². The second kappa shape index (κ2) is 4.83. The molecule has 0 spiro atoms. The SMILES string of the molecule is CC1CC(C)N(C(=O)c2cc(Cl)ncc2Cl)C1. The minimum atomic E-state index is -0.0591. The Morgan fingerprint density at radius 1 is 1.47 bits per heavy atom. The first-order valence-corrected chi connectivity index (χ1v) is 6.36. The highest BCUT2D eigenvalue weighted by atomic mass is 35.5. The molecule has 0 saturated carbocycles. The lowest BCUT2D eigenvalue weighted by Crippen LogP contribution is -2.34. The second-order valence-corrected chi connectivity index (χ2v) is 5.43. The van der Waals surface area contributed by atoms with Crippen LogP contribution in [-0.2, 0) is 0 Å². The van der Waals surface area contributed by atoms with Crippen molar-refractivity contribution in [1.82, 2.24) is 9.88 Å². The van der Waals surface area contributed by atoms with E-state index in [0.29, 0.717) is 16.5 Å². The fourth-order valence-electron chi connectivity index (χ4n) is 2.31. The van der Waals surface area contributed by atoms with Crippen LogP contribution in [-0.4, -0.2) is 28.4 Å². The largest absolute Gasteiger partial charge is 0.336 e. The molecule has 1 fully saturated rings. The fourth-order valence-corrected chi connectivity index (χ4v) is 2.66. The summed E-state index contributed by atoms with van der Waals surface area (Å²) in [5, 5.41) is 0.642. The maximum Gasteiger partial charge on any atom is 0.255 e. The van der Waals surface area contributed by atoms with Crippen LogP contribution in [0.5, 0.6) is 0 Å². The predicted octanol–water partition coefficient (Wildman–Crippen LogP) is 3.26. The Morgan fingerprint density at radius 2 is 2.18 bits per heavy atom. The normalized spacial score (nSPS) is 24.1. The molecule has 1 aliphatic heterocycles. The standard InChI is InChI=1S/C12H14Cl2N2O/c1-7-3-8(2)16(6-7)12(17)9-4-11(14)15-5-10(9)13/h4-5,7-8H,3,6H2,1-2H3. The molecule has 3 nitrogen and oxygen atoms in total. The van der Waals surface area contributed by atoms with Gasteiger partial charge in [-0.15, -0.1) is 0 Å². The second-order valence-electron chi connectivity index (χ2n) is 4.63. The summed E-state index contributed by atoms with van der Waals surface area (Å²) < 4.78 is 0. The van der Waals surface area contributed by atoms with Crippen LogP contribution in [0.4, 0.5) is 0 Å². The Hall–Kier alpha value is -0.800. The zero-order valence-corrected chi connectivity index (χ0v) is 11.3. The van der Waals surface area contributed by atoms with Gasteiger partial charge in [0.1, 0.15) is 5.15 Å². The van der Waals surface area contributed by atoms with Crippen molar-refractivity contribution < 1.29 is 4.79 Å². The smallest absolute Gasteiger partial charge is 0.255 e. The highest BCUT2D eigenvalue weighted by Crippen LogP contribution is 2.27. The summed E-state index contributed by atoms with van der Waals surface area (Å²) in [5.41, 5.74) is 0.438. The molecule has 2 heterocycles. The number of amides is 1. The van der Waals surface area contributed by atoms with Gasteiger partial charge in [-0.25, -0.2) is 4.98 Å². The molecule has 0 N–H and O–H groups in total. The lowest BCUT2D eigenvalue weighted by molar-refractivity contribution is 0.0744. The summed E-state index contributed by atoms with van der Waals surface area (Å²) in [6.07, 6.45) is 2.45. The van der Waals surface area contributed by atoms with Crippen molar-refractivity contribution in [2.24, 2.45) is 5.92 Å². The van der Waals surface area contributed by atoms with E-state index < -0.39 is 0 Å². The van der Waals surface area contributed by atoms with Crippen LogP contribution in [0.2, 0.25) is 10.2 Å². The minimum absolute atomic E-state index is 0.0591. The van der Waals surface area contributed by atoms with Gasteiger partial charge in [-0.05, 0) is 25.3 Å². The van der Waals surface area contributed by atoms with Gasteiger partial charge in [-0.3, -0.25) is 4.79 Å². The van der Waals surface area contributed by atoms with E-state index in [1.54, 1.807) is 0 Å². The number of carbonyl (C=O) groups is 1. The van der Waals surface area contributed by atoms with Crippen molar-refractivity contribution in [1.29, 1.82) is 0 Å². The van der Waals surface area contributed by atoms with E-state index in [-0.39, 0.29) is 17.1 Å². The molecular weight excluding hydrogens is 259 g/mol. The molecule has 1 aromatic heterocycles. The third-order valence-electron chi connectivity index (χ3n) is 3.10. The summed E-state index contributed by atoms with van der Waals surface area (Å²) in [4.78, 5) is 18.0. The Morgan fingerprint density at radius 3 is 2.76 bits per heavy atom. The minimum Gasteiger partial charge on any atom is -0.336 e. The number of rotatable bonds is 1. The first-order chi connectivity index (χ1) is 7.99. The van der Waals surface area contributed by atoms with Crippen LogP contribution < -0.4 is 0 Å². The number of carbonyl (C=O) groups excluding carboxylic acids is 1. The van der Waals surface area contributed by atoms with E-state index in [2.05, 4.69) is 18.8 Å². The van der Waals surface area contributed by atoms with Crippen LogP contribution in [0.3, 0.4) is 0 Å². The number of likely N-dealkylation sites (tertiary alicyclic amines) is 1. The van der Waals surface area contributed by atoms with E-state index in [1.165, 1.54) is 12.3 Å². The maximum atomic E-state index is 12.3. The summed E-state index contributed by atoms with van der Waals surface area (Å²) >= 11 is 11.8. The van der Waals surface area contributed by atoms with Gasteiger partial charge in [0.05, 0.1) is 10.6 Å². The summed E-state index contributed by atoms with van der Waals surface area (Å²) in [6.45, 7) is 4.97. The first kappa shape index (κ1) is 12.7. The van der Waals surface area contributed by atoms with Crippen molar-refractivity contribution in [3.05, 3.63) is 28.0 Å². The molecule has 1 amide bonds. The van der Waals surface area contributed by atoms with Crippen LogP contribution in [0.15, 0.2) is 12.3 Å². The van der Waals surface area contributed by atoms with E-state index in [1.807, 2.05) is 4.90 Å². The summed E-state index contributed by atoms with van der Waals surface area (Å²) in [6, 6.07) is 1.78. The number of halogens is 2. The number of pyridine rings is 1. The van der Waals surface area contributed by atoms with Gasteiger partial charge in [-0.1, -0.05) is 30.1 Å². The molecule has 0 bridgehead atoms. The van der Waals surface area contributed by atoms with Crippen molar-refractivity contribution in [3.63, 3.8) is 0 Å². The van der Waals surface area contributed by atoms with Crippen LogP contribution in [0.1, 0.15) is 30.6 Å². The van der Waals surface area contributed by atoms with Crippen molar-refractivity contribution >= 4 is 29.1 Å². The Kier molecular flexibility index (Phi) is 3.59. The number of hydrogen-bond acceptors (Lipinski definition) is 2. The molecule has 2 unspecified atom stereocenters. The van der Waals surface area contributed by atoms with Crippen molar-refractivity contribution in [2.75, 3.05) is 6.54 Å². The van der Waals surface area contributed by atoms with Gasteiger partial charge in [0, 0.05) is 18.8 Å². The molecule has 17 heavy (non-hydrogen) atoms. The molecule has 1 saturated heterocycles. The number of hydrogen-bond donors (Lipinski definition) is 0. The lowest BCUT2D eigenvalue weighted by atomic mass is 10.1. The molecule has 0 aliphatic carbocycles. The molecule has 0 aromatic carbocycles. The van der Waals surface area contributed by atoms with Gasteiger partial charge in [0.2, 0.25) is 0 Å². The van der Waals surface area contributed by atoms with Gasteiger partial charge in [0.15, 0.2) is 0 Å². The van der Waals surface area contributed by atoms with E-state index in [9.17, 15) is 4.79 Å². The topological polar surface area (TPSA) is 33.2 Å². The van der Waals surface area contributed by atoms with Crippen LogP contribution >= 0.6 is 23.2 Å². The molecule has 92 valence electrons. The number of aromatic nitrogens is 1. The Bertz CT molecular complexity index is 450. The van der Waals surface area contributed by atoms with Gasteiger partial charge < -0.3 is 4.90 Å². The number of nitrogens with zero attached hydrogens (tertiary/aromatic N) is 2. The average Bonchev–Trinajstić information content (AvgIpc) is 2.60. The molecular formula is C12H14Cl2N2O. The average molecular weight is 273 g/mol. The zero-order valence-electron chi connectivity index (χ0n) is 9.78. The molecule has 0 radical (unpaired) electrons. The predicted molar refractivity (Wildman–Crippen MR) is 68.5 cm³/mol. The quantitative estimate of drug-likeness (QED) is 0.736. The summed E-state index contributed by atoms with van der Waals surface area (Å²) in [5.74, 6) is 0.473. The molecule has 5 heteroatoms. The highest BCUT2D eigenvalue weighted by molar-refractivity contribution is 6.35. The third kappa shape index (κ3) is 2.55. The molecule has 2 atom stereocenters. The van der Waals surface area contributed by atoms with Crippen LogP contribution in [0.25, 0.3) is 0 Å². The maximum absolute atomic E-state index is 12.3. The lowest BCUT2D eigenvalue weighted by Gasteiger charge is -2.22. The molecule has 2 rings (SSSR count). The Labute approximate surface area is 111 Å². The molecule has 1 aliphatic rings. The van der Waals surface area contributed by atoms with Crippen LogP contribution in [0, 0.1) is 5.92 Å². The first-order valence-electron chi connectivity index (χ1n) is 5.61. The van der Waals surface area contributed by atoms with Gasteiger partial charge >= 0.3 is 0 Å². The zero-order chi connectivity index (χ0) is 12.6. The third-order valence-corrected chi connectivity index (χ3v) is 3.61. The van der Waals surface area contributed by atoms with Crippen molar-refractivity contribution in [2.45, 2.75) is 26.3 Å². The molecule has 1 aromatic rings. The fraction of sp³-hybridized carbons (Fsp3) is 0.500. The van der Waals surface area contributed by atoms with E-state index in [0.717, 1.165) is 13.0 Å². The van der Waals surface area contributed by atoms with E-state index >= 15 is 0 Å². The van der Waals surface area contributed by atoms with E-state index in [4.69, 9.17) is 23.2 Å². The van der Waals surface area contributed by atoms with Crippen molar-refractivity contribution in [3.8, 4) is 0 Å². The van der Waals surface area contributed by atoms with Gasteiger partial charge in [-0.2, -0.15) is 0 Å². The monoisotopic (exact) mass is 272 g/mol. The Balaban J connectivity index is 2.28. The summed E-state index contributed by atoms with van der Waals surface area (Å²) in [7, 11) is 0.